The number of aromatic nitrogens is 2. The number of pyridine rings is 1. The highest BCUT2D eigenvalue weighted by atomic mass is 32.1. The number of carbonyl (C=O) groups is 1. The van der Waals surface area contributed by atoms with E-state index in [-0.39, 0.29) is 12.4 Å². The molecule has 6 heteroatoms. The summed E-state index contributed by atoms with van der Waals surface area (Å²) in [5.74, 6) is -0.837. The van der Waals surface area contributed by atoms with E-state index in [1.165, 1.54) is 23.5 Å². The number of hydrogen-bond acceptors (Lipinski definition) is 5. The molecule has 0 radical (unpaired) electrons. The Kier molecular flexibility index (Phi) is 4.41. The number of esters is 1. The van der Waals surface area contributed by atoms with Gasteiger partial charge in [0, 0.05) is 23.2 Å². The summed E-state index contributed by atoms with van der Waals surface area (Å²) in [6, 6.07) is 14.0. The average Bonchev–Trinajstić information content (AvgIpc) is 3.09. The maximum absolute atomic E-state index is 13.8. The highest BCUT2D eigenvalue weighted by Crippen LogP contribution is 2.23. The molecular weight excluding hydrogens is 351 g/mol. The van der Waals surface area contributed by atoms with Gasteiger partial charge >= 0.3 is 5.97 Å². The smallest absolute Gasteiger partial charge is 0.331 e. The predicted octanol–water partition coefficient (Wildman–Crippen LogP) is 4.74. The predicted molar refractivity (Wildman–Crippen MR) is 100 cm³/mol. The molecule has 0 aliphatic carbocycles. The third-order valence-electron chi connectivity index (χ3n) is 3.84. The van der Waals surface area contributed by atoms with Gasteiger partial charge in [-0.15, -0.1) is 11.3 Å². The van der Waals surface area contributed by atoms with Crippen LogP contribution in [0, 0.1) is 5.82 Å². The monoisotopic (exact) mass is 364 g/mol. The Morgan fingerprint density at radius 2 is 2.04 bits per heavy atom. The van der Waals surface area contributed by atoms with E-state index in [1.54, 1.807) is 30.5 Å². The summed E-state index contributed by atoms with van der Waals surface area (Å²) >= 11 is 1.50. The summed E-state index contributed by atoms with van der Waals surface area (Å²) in [6.45, 7) is 0.0246. The molecule has 0 amide bonds. The molecule has 4 nitrogen and oxygen atoms in total. The molecular formula is C20H13FN2O2S. The van der Waals surface area contributed by atoms with Gasteiger partial charge in [-0.1, -0.05) is 18.2 Å². The molecule has 128 valence electrons. The lowest BCUT2D eigenvalue weighted by atomic mass is 10.1. The molecule has 4 rings (SSSR count). The van der Waals surface area contributed by atoms with Crippen LogP contribution in [0.25, 0.3) is 27.2 Å². The Morgan fingerprint density at radius 3 is 2.92 bits per heavy atom. The molecule has 2 heterocycles. The number of halogens is 1. The summed E-state index contributed by atoms with van der Waals surface area (Å²) in [7, 11) is 0. The highest BCUT2D eigenvalue weighted by molar-refractivity contribution is 7.19. The number of benzene rings is 2. The summed E-state index contributed by atoms with van der Waals surface area (Å²) in [5, 5.41) is 1.14. The fraction of sp³-hybridized carbons (Fsp3) is 0.0500. The first-order valence-electron chi connectivity index (χ1n) is 7.93. The van der Waals surface area contributed by atoms with Gasteiger partial charge in [-0.05, 0) is 36.4 Å². The molecule has 0 saturated heterocycles. The van der Waals surface area contributed by atoms with Crippen molar-refractivity contribution in [3.63, 3.8) is 0 Å². The number of fused-ring (bicyclic) bond motifs is 2. The van der Waals surface area contributed by atoms with E-state index in [4.69, 9.17) is 4.74 Å². The zero-order chi connectivity index (χ0) is 17.9. The van der Waals surface area contributed by atoms with Crippen LogP contribution < -0.4 is 0 Å². The zero-order valence-electron chi connectivity index (χ0n) is 13.6. The number of ether oxygens (including phenoxy) is 1. The van der Waals surface area contributed by atoms with E-state index in [0.29, 0.717) is 16.5 Å². The van der Waals surface area contributed by atoms with Crippen LogP contribution in [-0.2, 0) is 16.1 Å². The number of carbonyl (C=O) groups excluding carboxylic acids is 1. The number of para-hydroxylation sites is 1. The van der Waals surface area contributed by atoms with E-state index in [1.807, 2.05) is 24.3 Å². The maximum atomic E-state index is 13.8. The van der Waals surface area contributed by atoms with Gasteiger partial charge in [-0.25, -0.2) is 14.2 Å². The Morgan fingerprint density at radius 1 is 1.15 bits per heavy atom. The SMILES string of the molecule is O=C(/C=C/c1nc2ccccc2s1)OCc1ccc(F)c2cccnc12. The first-order valence-corrected chi connectivity index (χ1v) is 8.75. The van der Waals surface area contributed by atoms with Crippen LogP contribution in [0.5, 0.6) is 0 Å². The molecule has 26 heavy (non-hydrogen) atoms. The number of hydrogen-bond donors (Lipinski definition) is 0. The van der Waals surface area contributed by atoms with Crippen molar-refractivity contribution in [1.82, 2.24) is 9.97 Å². The lowest BCUT2D eigenvalue weighted by molar-refractivity contribution is -0.138. The van der Waals surface area contributed by atoms with E-state index < -0.39 is 5.97 Å². The molecule has 0 saturated carbocycles. The number of thiazole rings is 1. The lowest BCUT2D eigenvalue weighted by Gasteiger charge is -2.06. The first-order chi connectivity index (χ1) is 12.7. The fourth-order valence-electron chi connectivity index (χ4n) is 2.61. The minimum atomic E-state index is -0.488. The highest BCUT2D eigenvalue weighted by Gasteiger charge is 2.08. The van der Waals surface area contributed by atoms with Gasteiger partial charge in [0.25, 0.3) is 0 Å². The minimum Gasteiger partial charge on any atom is -0.458 e. The van der Waals surface area contributed by atoms with E-state index in [2.05, 4.69) is 9.97 Å². The molecule has 0 spiro atoms. The van der Waals surface area contributed by atoms with Gasteiger partial charge in [0.1, 0.15) is 17.4 Å². The van der Waals surface area contributed by atoms with E-state index in [9.17, 15) is 9.18 Å². The van der Waals surface area contributed by atoms with Gasteiger partial charge in [0.2, 0.25) is 0 Å². The molecule has 0 atom stereocenters. The molecule has 2 aromatic heterocycles. The summed E-state index contributed by atoms with van der Waals surface area (Å²) in [6.07, 6.45) is 4.56. The van der Waals surface area contributed by atoms with Gasteiger partial charge in [0.05, 0.1) is 15.7 Å². The van der Waals surface area contributed by atoms with Crippen molar-refractivity contribution in [3.8, 4) is 0 Å². The topological polar surface area (TPSA) is 52.1 Å². The molecule has 0 aliphatic heterocycles. The summed E-state index contributed by atoms with van der Waals surface area (Å²) in [5.41, 5.74) is 2.05. The van der Waals surface area contributed by atoms with E-state index in [0.717, 1.165) is 15.2 Å². The van der Waals surface area contributed by atoms with Crippen molar-refractivity contribution in [1.29, 1.82) is 0 Å². The normalized spacial score (nSPS) is 11.4. The molecule has 0 fully saturated rings. The Bertz CT molecular complexity index is 1100. The third kappa shape index (κ3) is 3.32. The van der Waals surface area contributed by atoms with Gasteiger partial charge < -0.3 is 4.74 Å². The Labute approximate surface area is 152 Å². The fourth-order valence-corrected chi connectivity index (χ4v) is 3.48. The minimum absolute atomic E-state index is 0.0246. The number of rotatable bonds is 4. The second-order valence-corrected chi connectivity index (χ2v) is 6.63. The maximum Gasteiger partial charge on any atom is 0.331 e. The van der Waals surface area contributed by atoms with Crippen LogP contribution in [0.15, 0.2) is 60.8 Å². The van der Waals surface area contributed by atoms with E-state index >= 15 is 0 Å². The molecule has 4 aromatic rings. The Balaban J connectivity index is 1.46. The standard InChI is InChI=1S/C20H13FN2O2S/c21-15-8-7-13(20-14(15)4-3-11-22-20)12-25-19(24)10-9-18-23-16-5-1-2-6-17(16)26-18/h1-11H,12H2/b10-9+. The first kappa shape index (κ1) is 16.4. The molecule has 0 aliphatic rings. The van der Waals surface area contributed by atoms with Crippen LogP contribution >= 0.6 is 11.3 Å². The van der Waals surface area contributed by atoms with Crippen molar-refractivity contribution in [2.45, 2.75) is 6.61 Å². The van der Waals surface area contributed by atoms with Crippen LogP contribution in [0.3, 0.4) is 0 Å². The van der Waals surface area contributed by atoms with Crippen molar-refractivity contribution in [2.75, 3.05) is 0 Å². The van der Waals surface area contributed by atoms with Crippen molar-refractivity contribution in [3.05, 3.63) is 77.2 Å². The van der Waals surface area contributed by atoms with Crippen LogP contribution in [-0.4, -0.2) is 15.9 Å². The lowest BCUT2D eigenvalue weighted by Crippen LogP contribution is -2.02. The van der Waals surface area contributed by atoms with Crippen molar-refractivity contribution >= 4 is 44.5 Å². The van der Waals surface area contributed by atoms with Gasteiger partial charge in [0.15, 0.2) is 0 Å². The quantitative estimate of drug-likeness (QED) is 0.388. The van der Waals surface area contributed by atoms with Crippen LogP contribution in [0.2, 0.25) is 0 Å². The third-order valence-corrected chi connectivity index (χ3v) is 4.84. The van der Waals surface area contributed by atoms with Crippen LogP contribution in [0.1, 0.15) is 10.6 Å². The molecule has 0 N–H and O–H groups in total. The summed E-state index contributed by atoms with van der Waals surface area (Å²) < 4.78 is 20.1. The van der Waals surface area contributed by atoms with Gasteiger partial charge in [-0.3, -0.25) is 4.98 Å². The molecule has 2 aromatic carbocycles. The number of nitrogens with zero attached hydrogens (tertiary/aromatic N) is 2. The largest absolute Gasteiger partial charge is 0.458 e. The van der Waals surface area contributed by atoms with Crippen molar-refractivity contribution in [2.24, 2.45) is 0 Å². The second-order valence-electron chi connectivity index (χ2n) is 5.57. The zero-order valence-corrected chi connectivity index (χ0v) is 14.4. The van der Waals surface area contributed by atoms with Crippen LogP contribution in [0.4, 0.5) is 4.39 Å². The van der Waals surface area contributed by atoms with Crippen molar-refractivity contribution < 1.29 is 13.9 Å². The summed E-state index contributed by atoms with van der Waals surface area (Å²) in [4.78, 5) is 20.6. The average molecular weight is 364 g/mol. The second kappa shape index (κ2) is 7.01. The van der Waals surface area contributed by atoms with Gasteiger partial charge in [-0.2, -0.15) is 0 Å². The molecule has 0 bridgehead atoms. The molecule has 0 unspecified atom stereocenters. The Hall–Kier alpha value is -3.12.